The molecule has 0 fully saturated rings. The Morgan fingerprint density at radius 1 is 1.22 bits per heavy atom. The molecule has 0 aromatic rings. The van der Waals surface area contributed by atoms with Crippen molar-refractivity contribution in [1.82, 2.24) is 0 Å². The van der Waals surface area contributed by atoms with Gasteiger partial charge in [0.1, 0.15) is 6.61 Å². The van der Waals surface area contributed by atoms with E-state index in [4.69, 9.17) is 30.1 Å². The minimum absolute atomic E-state index is 0.269. The Morgan fingerprint density at radius 2 is 1.56 bits per heavy atom. The van der Waals surface area contributed by atoms with Crippen LogP contribution in [0.15, 0.2) is 25.3 Å². The van der Waals surface area contributed by atoms with E-state index in [0.29, 0.717) is 6.54 Å². The van der Waals surface area contributed by atoms with E-state index in [1.807, 2.05) is 0 Å². The van der Waals surface area contributed by atoms with Gasteiger partial charge in [0.05, 0.1) is 0 Å². The van der Waals surface area contributed by atoms with Crippen molar-refractivity contribution < 1.29 is 38.7 Å². The van der Waals surface area contributed by atoms with Crippen LogP contribution in [0.25, 0.3) is 0 Å². The molecule has 6 N–H and O–H groups in total. The molecule has 0 saturated heterocycles. The van der Waals surface area contributed by atoms with E-state index in [-0.39, 0.29) is 6.61 Å². The number of aliphatic carboxylic acids is 1. The first-order valence-corrected chi connectivity index (χ1v) is 5.77. The third-order valence-corrected chi connectivity index (χ3v) is 0.703. The third-order valence-electron chi connectivity index (χ3n) is 0.703. The summed E-state index contributed by atoms with van der Waals surface area (Å²) in [7, 11) is -4.64. The fourth-order valence-corrected chi connectivity index (χ4v) is 0.218. The predicted octanol–water partition coefficient (Wildman–Crippen LogP) is -0.997. The fraction of sp³-hybridized carbons (Fsp3) is 0.250. The lowest BCUT2D eigenvalue weighted by atomic mass is 10.6. The lowest BCUT2D eigenvalue weighted by Crippen LogP contribution is -2.11. The first kappa shape index (κ1) is 21.7. The Kier molecular flexibility index (Phi) is 16.4. The highest BCUT2D eigenvalue weighted by Gasteiger charge is 2.00. The molecule has 0 spiro atoms. The number of carbonyl (C=O) groups excluding carboxylic acids is 1. The van der Waals surface area contributed by atoms with Crippen molar-refractivity contribution in [1.29, 1.82) is 0 Å². The summed E-state index contributed by atoms with van der Waals surface area (Å²) in [5, 5.41) is 7.60. The third kappa shape index (κ3) is 62.6. The molecule has 0 atom stereocenters. The molecule has 0 rings (SSSR count). The summed E-state index contributed by atoms with van der Waals surface area (Å²) in [5.74, 6) is -1.40. The highest BCUT2D eigenvalue weighted by molar-refractivity contribution is 7.45. The molecule has 0 amide bonds. The first-order valence-electron chi connectivity index (χ1n) is 4.21. The number of ether oxygens (including phenoxy) is 1. The zero-order chi connectivity index (χ0) is 15.2. The van der Waals surface area contributed by atoms with E-state index in [1.165, 1.54) is 0 Å². The molecule has 0 aliphatic rings. The SMILES string of the molecule is C=CC(=O)O.C=CC(=O)OCCN.O=P(O)(O)O. The van der Waals surface area contributed by atoms with Crippen molar-refractivity contribution in [2.24, 2.45) is 5.73 Å². The molecule has 0 saturated carbocycles. The average Bonchev–Trinajstić information content (AvgIpc) is 2.24. The van der Waals surface area contributed by atoms with Gasteiger partial charge in [-0.05, 0) is 0 Å². The standard InChI is InChI=1S/C5H9NO2.C3H4O2.H3O4P/c1-2-5(7)8-4-3-6;1-2-3(4)5;1-5(2,3)4/h2H,1,3-4,6H2;2H,1H2,(H,4,5);(H3,1,2,3,4). The molecule has 0 aromatic heterocycles. The summed E-state index contributed by atoms with van der Waals surface area (Å²) in [6, 6.07) is 0. The molecular formula is C8H16NO8P. The number of hydrogen-bond donors (Lipinski definition) is 5. The van der Waals surface area contributed by atoms with Crippen molar-refractivity contribution in [3.8, 4) is 0 Å². The maximum absolute atomic E-state index is 10.2. The molecule has 0 aromatic carbocycles. The van der Waals surface area contributed by atoms with Crippen molar-refractivity contribution >= 4 is 19.8 Å². The van der Waals surface area contributed by atoms with Gasteiger partial charge in [0.15, 0.2) is 0 Å². The topological polar surface area (TPSA) is 167 Å². The number of rotatable bonds is 4. The molecule has 0 bridgehead atoms. The smallest absolute Gasteiger partial charge is 0.466 e. The molecule has 9 nitrogen and oxygen atoms in total. The molecular weight excluding hydrogens is 269 g/mol. The predicted molar refractivity (Wildman–Crippen MR) is 62.3 cm³/mol. The van der Waals surface area contributed by atoms with Crippen LogP contribution in [0.2, 0.25) is 0 Å². The van der Waals surface area contributed by atoms with Crippen molar-refractivity contribution in [2.45, 2.75) is 0 Å². The Balaban J connectivity index is -0.000000197. The number of carboxylic acid groups (broad SMARTS) is 1. The van der Waals surface area contributed by atoms with Crippen LogP contribution in [0, 0.1) is 0 Å². The molecule has 0 radical (unpaired) electrons. The van der Waals surface area contributed by atoms with Gasteiger partial charge < -0.3 is 30.3 Å². The Morgan fingerprint density at radius 3 is 1.72 bits per heavy atom. The number of phosphoric acid groups is 1. The first-order chi connectivity index (χ1) is 8.08. The molecule has 10 heteroatoms. The highest BCUT2D eigenvalue weighted by Crippen LogP contribution is 2.25. The van der Waals surface area contributed by atoms with Crippen LogP contribution in [0.5, 0.6) is 0 Å². The number of esters is 1. The summed E-state index contributed by atoms with van der Waals surface area (Å²) in [5.41, 5.74) is 5.02. The van der Waals surface area contributed by atoms with Gasteiger partial charge >= 0.3 is 19.8 Å². The number of nitrogens with two attached hydrogens (primary N) is 1. The summed E-state index contributed by atoms with van der Waals surface area (Å²) in [6.07, 6.45) is 1.94. The van der Waals surface area contributed by atoms with Gasteiger partial charge in [0, 0.05) is 18.7 Å². The molecule has 0 aliphatic carbocycles. The van der Waals surface area contributed by atoms with Crippen LogP contribution in [-0.4, -0.2) is 44.9 Å². The van der Waals surface area contributed by atoms with E-state index in [9.17, 15) is 9.59 Å². The second-order valence-electron chi connectivity index (χ2n) is 2.22. The van der Waals surface area contributed by atoms with E-state index in [0.717, 1.165) is 12.2 Å². The lowest BCUT2D eigenvalue weighted by Gasteiger charge is -1.94. The normalized spacial score (nSPS) is 8.67. The molecule has 0 heterocycles. The maximum atomic E-state index is 10.2. The van der Waals surface area contributed by atoms with Crippen molar-refractivity contribution in [2.75, 3.05) is 13.2 Å². The number of carboxylic acids is 1. The Hall–Kier alpha value is -1.51. The fourth-order valence-electron chi connectivity index (χ4n) is 0.218. The van der Waals surface area contributed by atoms with Gasteiger partial charge in [-0.3, -0.25) is 0 Å². The van der Waals surface area contributed by atoms with Crippen LogP contribution in [0.3, 0.4) is 0 Å². The average molecular weight is 285 g/mol. The van der Waals surface area contributed by atoms with E-state index in [1.54, 1.807) is 0 Å². The quantitative estimate of drug-likeness (QED) is 0.247. The van der Waals surface area contributed by atoms with E-state index >= 15 is 0 Å². The highest BCUT2D eigenvalue weighted by atomic mass is 31.2. The largest absolute Gasteiger partial charge is 0.478 e. The summed E-state index contributed by atoms with van der Waals surface area (Å²) < 4.78 is 13.3. The second-order valence-corrected chi connectivity index (χ2v) is 3.24. The molecule has 0 aliphatic heterocycles. The van der Waals surface area contributed by atoms with Crippen LogP contribution < -0.4 is 5.73 Å². The van der Waals surface area contributed by atoms with Gasteiger partial charge in [-0.25, -0.2) is 14.2 Å². The van der Waals surface area contributed by atoms with Crippen molar-refractivity contribution in [3.63, 3.8) is 0 Å². The van der Waals surface area contributed by atoms with Crippen LogP contribution >= 0.6 is 7.82 Å². The van der Waals surface area contributed by atoms with Crippen LogP contribution in [-0.2, 0) is 18.9 Å². The summed E-state index contributed by atoms with van der Waals surface area (Å²) in [4.78, 5) is 41.0. The second kappa shape index (κ2) is 13.6. The zero-order valence-corrected chi connectivity index (χ0v) is 10.3. The van der Waals surface area contributed by atoms with Gasteiger partial charge in [0.2, 0.25) is 0 Å². The van der Waals surface area contributed by atoms with E-state index < -0.39 is 19.8 Å². The minimum Gasteiger partial charge on any atom is -0.478 e. The lowest BCUT2D eigenvalue weighted by molar-refractivity contribution is -0.137. The zero-order valence-electron chi connectivity index (χ0n) is 9.43. The minimum atomic E-state index is -4.64. The van der Waals surface area contributed by atoms with Gasteiger partial charge in [-0.1, -0.05) is 13.2 Å². The number of carbonyl (C=O) groups is 2. The van der Waals surface area contributed by atoms with Gasteiger partial charge in [0.25, 0.3) is 0 Å². The monoisotopic (exact) mass is 285 g/mol. The van der Waals surface area contributed by atoms with Gasteiger partial charge in [-0.15, -0.1) is 0 Å². The molecule has 18 heavy (non-hydrogen) atoms. The maximum Gasteiger partial charge on any atom is 0.466 e. The van der Waals surface area contributed by atoms with E-state index in [2.05, 4.69) is 17.9 Å². The Labute approximate surface area is 103 Å². The molecule has 0 unspecified atom stereocenters. The summed E-state index contributed by atoms with van der Waals surface area (Å²) in [6.45, 7) is 6.79. The van der Waals surface area contributed by atoms with Crippen LogP contribution in [0.4, 0.5) is 0 Å². The van der Waals surface area contributed by atoms with Crippen molar-refractivity contribution in [3.05, 3.63) is 25.3 Å². The van der Waals surface area contributed by atoms with Gasteiger partial charge in [-0.2, -0.15) is 0 Å². The Bertz CT molecular complexity index is 302. The summed E-state index contributed by atoms with van der Waals surface area (Å²) >= 11 is 0. The van der Waals surface area contributed by atoms with Crippen LogP contribution in [0.1, 0.15) is 0 Å². The number of hydrogen-bond acceptors (Lipinski definition) is 5. The molecule has 106 valence electrons.